The Labute approximate surface area is 231 Å². The topological polar surface area (TPSA) is 79.0 Å². The van der Waals surface area contributed by atoms with E-state index in [0.29, 0.717) is 47.7 Å². The van der Waals surface area contributed by atoms with Crippen LogP contribution in [0.25, 0.3) is 22.0 Å². The highest BCUT2D eigenvalue weighted by atomic mass is 19.4. The Morgan fingerprint density at radius 2 is 1.75 bits per heavy atom. The van der Waals surface area contributed by atoms with E-state index in [-0.39, 0.29) is 11.5 Å². The number of benzene rings is 2. The van der Waals surface area contributed by atoms with Gasteiger partial charge in [0.1, 0.15) is 6.61 Å². The molecule has 0 aliphatic rings. The predicted molar refractivity (Wildman–Crippen MR) is 152 cm³/mol. The molecule has 2 heterocycles. The van der Waals surface area contributed by atoms with E-state index in [4.69, 9.17) is 4.74 Å². The molecule has 210 valence electrons. The number of aromatic amines is 1. The van der Waals surface area contributed by atoms with Gasteiger partial charge in [-0.3, -0.25) is 4.79 Å². The van der Waals surface area contributed by atoms with Crippen LogP contribution in [0.4, 0.5) is 13.2 Å². The number of halogens is 3. The van der Waals surface area contributed by atoms with Crippen LogP contribution in [-0.2, 0) is 4.79 Å². The van der Waals surface area contributed by atoms with E-state index in [1.807, 2.05) is 24.3 Å². The van der Waals surface area contributed by atoms with E-state index in [9.17, 15) is 18.0 Å². The molecule has 0 saturated carbocycles. The van der Waals surface area contributed by atoms with Gasteiger partial charge in [0.15, 0.2) is 0 Å². The number of amides is 1. The predicted octanol–water partition coefficient (Wildman–Crippen LogP) is 6.36. The fourth-order valence-corrected chi connectivity index (χ4v) is 4.53. The molecule has 0 radical (unpaired) electrons. The average molecular weight is 551 g/mol. The smallest absolute Gasteiger partial charge is 0.393 e. The van der Waals surface area contributed by atoms with Gasteiger partial charge in [0.05, 0.1) is 6.42 Å². The Morgan fingerprint density at radius 3 is 2.48 bits per heavy atom. The third-order valence-electron chi connectivity index (χ3n) is 6.48. The zero-order valence-corrected chi connectivity index (χ0v) is 22.4. The number of carbonyl (C=O) groups excluding carboxylic acids is 1. The molecular formula is C31H33F3N4O2. The number of fused-ring (bicyclic) bond motifs is 1. The molecule has 1 amide bonds. The molecule has 0 unspecified atom stereocenters. The summed E-state index contributed by atoms with van der Waals surface area (Å²) in [6, 6.07) is 19.6. The van der Waals surface area contributed by atoms with Crippen molar-refractivity contribution < 1.29 is 22.7 Å². The van der Waals surface area contributed by atoms with Crippen LogP contribution in [0.1, 0.15) is 42.4 Å². The SMILES string of the molecule is CNC(=O)CCCCNCCOc1ccc(/C(=C(/CC(F)(F)F)c2ccccc2)c2ccc3[nH]ccc3c2)cn1. The summed E-state index contributed by atoms with van der Waals surface area (Å²) < 4.78 is 47.4. The van der Waals surface area contributed by atoms with Crippen molar-refractivity contribution in [3.8, 4) is 5.88 Å². The fourth-order valence-electron chi connectivity index (χ4n) is 4.53. The Hall–Kier alpha value is -4.11. The van der Waals surface area contributed by atoms with E-state index in [1.165, 1.54) is 0 Å². The van der Waals surface area contributed by atoms with E-state index < -0.39 is 12.6 Å². The molecule has 6 nitrogen and oxygen atoms in total. The molecule has 0 bridgehead atoms. The van der Waals surface area contributed by atoms with Gasteiger partial charge >= 0.3 is 6.18 Å². The minimum Gasteiger partial charge on any atom is -0.476 e. The number of pyridine rings is 1. The van der Waals surface area contributed by atoms with Gasteiger partial charge in [0.25, 0.3) is 0 Å². The maximum atomic E-state index is 13.9. The summed E-state index contributed by atoms with van der Waals surface area (Å²) in [6.45, 7) is 1.76. The number of ether oxygens (including phenoxy) is 1. The molecule has 0 aliphatic carbocycles. The number of H-pyrrole nitrogens is 1. The molecular weight excluding hydrogens is 517 g/mol. The van der Waals surface area contributed by atoms with Gasteiger partial charge in [0.2, 0.25) is 11.8 Å². The molecule has 0 spiro atoms. The third-order valence-corrected chi connectivity index (χ3v) is 6.48. The standard InChI is InChI=1S/C31H33F3N4O2/c1-35-28(39)9-5-6-15-36-17-18-40-29-13-11-25(21-38-29)30(24-10-12-27-23(19-24)14-16-37-27)26(20-31(32,33)34)22-7-3-2-4-8-22/h2-4,7-8,10-14,16,19,21,36-37H,5-6,9,15,17-18,20H2,1H3,(H,35,39)/b30-26-. The lowest BCUT2D eigenvalue weighted by Crippen LogP contribution is -2.23. The largest absolute Gasteiger partial charge is 0.476 e. The van der Waals surface area contributed by atoms with Crippen molar-refractivity contribution in [1.82, 2.24) is 20.6 Å². The molecule has 0 saturated heterocycles. The van der Waals surface area contributed by atoms with Crippen LogP contribution in [0, 0.1) is 0 Å². The van der Waals surface area contributed by atoms with E-state index in [1.54, 1.807) is 61.9 Å². The number of allylic oxidation sites excluding steroid dienone is 1. The lowest BCUT2D eigenvalue weighted by atomic mass is 9.88. The highest BCUT2D eigenvalue weighted by molar-refractivity contribution is 6.00. The summed E-state index contributed by atoms with van der Waals surface area (Å²) in [5.74, 6) is 0.429. The van der Waals surface area contributed by atoms with E-state index in [2.05, 4.69) is 20.6 Å². The first-order chi connectivity index (χ1) is 19.3. The minimum atomic E-state index is -4.40. The summed E-state index contributed by atoms with van der Waals surface area (Å²) in [5.41, 5.74) is 3.31. The van der Waals surface area contributed by atoms with E-state index in [0.717, 1.165) is 30.3 Å². The first-order valence-corrected chi connectivity index (χ1v) is 13.3. The van der Waals surface area contributed by atoms with Gasteiger partial charge in [-0.1, -0.05) is 36.4 Å². The van der Waals surface area contributed by atoms with Crippen LogP contribution in [-0.4, -0.2) is 48.8 Å². The fraction of sp³-hybridized carbons (Fsp3) is 0.290. The summed E-state index contributed by atoms with van der Waals surface area (Å²) in [4.78, 5) is 18.8. The van der Waals surface area contributed by atoms with Crippen LogP contribution in [0.3, 0.4) is 0 Å². The number of hydrogen-bond acceptors (Lipinski definition) is 4. The zero-order chi connectivity index (χ0) is 28.4. The molecule has 4 rings (SSSR count). The van der Waals surface area contributed by atoms with Gasteiger partial charge in [-0.05, 0) is 71.3 Å². The van der Waals surface area contributed by atoms with Crippen molar-refractivity contribution >= 4 is 28.0 Å². The van der Waals surface area contributed by atoms with Crippen LogP contribution in [0.2, 0.25) is 0 Å². The molecule has 4 aromatic rings. The maximum absolute atomic E-state index is 13.9. The van der Waals surface area contributed by atoms with Gasteiger partial charge < -0.3 is 20.4 Å². The number of unbranched alkanes of at least 4 members (excludes halogenated alkanes) is 1. The van der Waals surface area contributed by atoms with Crippen LogP contribution in [0.15, 0.2) is 79.1 Å². The monoisotopic (exact) mass is 550 g/mol. The molecule has 9 heteroatoms. The molecule has 2 aromatic carbocycles. The average Bonchev–Trinajstić information content (AvgIpc) is 3.43. The first-order valence-electron chi connectivity index (χ1n) is 13.3. The number of nitrogens with one attached hydrogen (secondary N) is 3. The molecule has 0 fully saturated rings. The number of hydrogen-bond donors (Lipinski definition) is 3. The number of aromatic nitrogens is 2. The van der Waals surface area contributed by atoms with Crippen molar-refractivity contribution in [3.05, 3.63) is 95.8 Å². The van der Waals surface area contributed by atoms with Gasteiger partial charge in [-0.25, -0.2) is 4.98 Å². The highest BCUT2D eigenvalue weighted by Gasteiger charge is 2.31. The molecule has 2 aromatic heterocycles. The lowest BCUT2D eigenvalue weighted by molar-refractivity contribution is -0.123. The van der Waals surface area contributed by atoms with Gasteiger partial charge in [-0.2, -0.15) is 13.2 Å². The minimum absolute atomic E-state index is 0.0372. The van der Waals surface area contributed by atoms with Crippen molar-refractivity contribution in [2.45, 2.75) is 31.9 Å². The van der Waals surface area contributed by atoms with Crippen molar-refractivity contribution in [1.29, 1.82) is 0 Å². The molecule has 40 heavy (non-hydrogen) atoms. The highest BCUT2D eigenvalue weighted by Crippen LogP contribution is 2.40. The normalized spacial score (nSPS) is 12.3. The zero-order valence-electron chi connectivity index (χ0n) is 22.4. The molecule has 0 aliphatic heterocycles. The summed E-state index contributed by atoms with van der Waals surface area (Å²) in [5, 5.41) is 6.77. The Bertz CT molecular complexity index is 1410. The van der Waals surface area contributed by atoms with Crippen molar-refractivity contribution in [3.63, 3.8) is 0 Å². The number of rotatable bonds is 13. The number of alkyl halides is 3. The number of nitrogens with zero attached hydrogens (tertiary/aromatic N) is 1. The molecule has 0 atom stereocenters. The van der Waals surface area contributed by atoms with E-state index >= 15 is 0 Å². The quantitative estimate of drug-likeness (QED) is 0.134. The first kappa shape index (κ1) is 28.9. The van der Waals surface area contributed by atoms with Crippen molar-refractivity contribution in [2.24, 2.45) is 0 Å². The Kier molecular flexibility index (Phi) is 9.96. The maximum Gasteiger partial charge on any atom is 0.393 e. The second kappa shape index (κ2) is 13.8. The van der Waals surface area contributed by atoms with Gasteiger partial charge in [-0.15, -0.1) is 0 Å². The summed E-state index contributed by atoms with van der Waals surface area (Å²) in [6.07, 6.45) is 0.0888. The van der Waals surface area contributed by atoms with Crippen LogP contribution >= 0.6 is 0 Å². The Balaban J connectivity index is 1.54. The van der Waals surface area contributed by atoms with Gasteiger partial charge in [0, 0.05) is 49.6 Å². The van der Waals surface area contributed by atoms with Crippen LogP contribution in [0.5, 0.6) is 5.88 Å². The second-order valence-electron chi connectivity index (χ2n) is 9.41. The summed E-state index contributed by atoms with van der Waals surface area (Å²) >= 11 is 0. The molecule has 3 N–H and O–H groups in total. The second-order valence-corrected chi connectivity index (χ2v) is 9.41. The third kappa shape index (κ3) is 8.19. The summed E-state index contributed by atoms with van der Waals surface area (Å²) in [7, 11) is 1.63. The Morgan fingerprint density at radius 1 is 0.950 bits per heavy atom. The van der Waals surface area contributed by atoms with Crippen LogP contribution < -0.4 is 15.4 Å². The number of carbonyl (C=O) groups is 1. The lowest BCUT2D eigenvalue weighted by Gasteiger charge is -2.19. The van der Waals surface area contributed by atoms with Crippen molar-refractivity contribution in [2.75, 3.05) is 26.7 Å².